The average molecular weight is 166 g/mol. The Morgan fingerprint density at radius 2 is 2.33 bits per heavy atom. The molecule has 0 saturated heterocycles. The van der Waals surface area contributed by atoms with Crippen LogP contribution in [-0.2, 0) is 0 Å². The summed E-state index contributed by atoms with van der Waals surface area (Å²) in [5.41, 5.74) is 1.09. The largest absolute Gasteiger partial charge is 0.386 e. The van der Waals surface area contributed by atoms with E-state index < -0.39 is 0 Å². The molecule has 0 aliphatic carbocycles. The number of nitrogens with zero attached hydrogens (tertiary/aromatic N) is 1. The second-order valence-corrected chi connectivity index (χ2v) is 3.10. The van der Waals surface area contributed by atoms with Gasteiger partial charge in [-0.1, -0.05) is 19.9 Å². The second-order valence-electron chi connectivity index (χ2n) is 3.10. The van der Waals surface area contributed by atoms with Gasteiger partial charge in [0.25, 0.3) is 0 Å². The van der Waals surface area contributed by atoms with Gasteiger partial charge in [0.1, 0.15) is 0 Å². The molecule has 0 saturated carbocycles. The summed E-state index contributed by atoms with van der Waals surface area (Å²) in [4.78, 5) is 0. The minimum absolute atomic E-state index is 0.378. The zero-order chi connectivity index (χ0) is 9.40. The first-order valence-electron chi connectivity index (χ1n) is 4.52. The molecule has 1 N–H and O–H groups in total. The van der Waals surface area contributed by atoms with Crippen molar-refractivity contribution >= 4 is 0 Å². The highest BCUT2D eigenvalue weighted by molar-refractivity contribution is 4.92. The van der Waals surface area contributed by atoms with Gasteiger partial charge in [0.2, 0.25) is 0 Å². The van der Waals surface area contributed by atoms with E-state index in [1.807, 2.05) is 0 Å². The van der Waals surface area contributed by atoms with Crippen LogP contribution in [0.3, 0.4) is 0 Å². The highest BCUT2D eigenvalue weighted by atomic mass is 14.9. The van der Waals surface area contributed by atoms with Crippen molar-refractivity contribution in [1.82, 2.24) is 5.32 Å². The van der Waals surface area contributed by atoms with Crippen LogP contribution in [0.2, 0.25) is 0 Å². The third kappa shape index (κ3) is 5.79. The standard InChI is InChI=1S/C10H18N2/c1-4-6-9(2)12-10(3)7-5-8-11/h10,12H,2,4-7H2,1,3H3. The summed E-state index contributed by atoms with van der Waals surface area (Å²) in [6, 6.07) is 2.51. The number of hydrogen-bond acceptors (Lipinski definition) is 2. The molecule has 0 amide bonds. The van der Waals surface area contributed by atoms with Crippen LogP contribution in [0.25, 0.3) is 0 Å². The monoisotopic (exact) mass is 166 g/mol. The Balaban J connectivity index is 3.48. The zero-order valence-electron chi connectivity index (χ0n) is 8.06. The maximum absolute atomic E-state index is 8.35. The van der Waals surface area contributed by atoms with Crippen molar-refractivity contribution < 1.29 is 0 Å². The molecule has 0 heterocycles. The molecular weight excluding hydrogens is 148 g/mol. The fourth-order valence-electron chi connectivity index (χ4n) is 1.08. The zero-order valence-corrected chi connectivity index (χ0v) is 8.06. The van der Waals surface area contributed by atoms with Crippen LogP contribution in [0.4, 0.5) is 0 Å². The van der Waals surface area contributed by atoms with Crippen LogP contribution in [0.5, 0.6) is 0 Å². The predicted molar refractivity (Wildman–Crippen MR) is 51.5 cm³/mol. The lowest BCUT2D eigenvalue weighted by molar-refractivity contribution is 0.561. The summed E-state index contributed by atoms with van der Waals surface area (Å²) in [7, 11) is 0. The maximum Gasteiger partial charge on any atom is 0.0622 e. The molecule has 0 aliphatic heterocycles. The summed E-state index contributed by atoms with van der Waals surface area (Å²) in [6.45, 7) is 8.11. The van der Waals surface area contributed by atoms with Gasteiger partial charge in [-0.15, -0.1) is 0 Å². The first-order chi connectivity index (χ1) is 5.70. The molecule has 2 nitrogen and oxygen atoms in total. The van der Waals surface area contributed by atoms with Crippen molar-refractivity contribution in [3.8, 4) is 6.07 Å². The van der Waals surface area contributed by atoms with Gasteiger partial charge in [0.05, 0.1) is 6.07 Å². The smallest absolute Gasteiger partial charge is 0.0622 e. The number of allylic oxidation sites excluding steroid dienone is 1. The third-order valence-electron chi connectivity index (χ3n) is 1.69. The van der Waals surface area contributed by atoms with Crippen LogP contribution in [0.1, 0.15) is 39.5 Å². The van der Waals surface area contributed by atoms with E-state index in [4.69, 9.17) is 5.26 Å². The van der Waals surface area contributed by atoms with Crippen molar-refractivity contribution in [2.24, 2.45) is 0 Å². The lowest BCUT2D eigenvalue weighted by atomic mass is 10.1. The Morgan fingerprint density at radius 1 is 1.67 bits per heavy atom. The Morgan fingerprint density at radius 3 is 2.83 bits per heavy atom. The summed E-state index contributed by atoms with van der Waals surface area (Å²) >= 11 is 0. The summed E-state index contributed by atoms with van der Waals surface area (Å²) < 4.78 is 0. The van der Waals surface area contributed by atoms with Gasteiger partial charge in [-0.05, 0) is 19.8 Å². The van der Waals surface area contributed by atoms with Crippen molar-refractivity contribution in [1.29, 1.82) is 5.26 Å². The Kier molecular flexibility index (Phi) is 6.18. The van der Waals surface area contributed by atoms with Crippen LogP contribution < -0.4 is 5.32 Å². The molecule has 1 unspecified atom stereocenters. The lowest BCUT2D eigenvalue weighted by Gasteiger charge is -2.15. The highest BCUT2D eigenvalue weighted by Gasteiger charge is 2.00. The number of rotatable bonds is 6. The summed E-state index contributed by atoms with van der Waals surface area (Å²) in [5, 5.41) is 11.6. The van der Waals surface area contributed by atoms with E-state index in [1.165, 1.54) is 0 Å². The van der Waals surface area contributed by atoms with E-state index in [-0.39, 0.29) is 0 Å². The maximum atomic E-state index is 8.35. The van der Waals surface area contributed by atoms with Gasteiger partial charge in [0, 0.05) is 18.2 Å². The molecule has 12 heavy (non-hydrogen) atoms. The first-order valence-corrected chi connectivity index (χ1v) is 4.52. The van der Waals surface area contributed by atoms with Crippen LogP contribution >= 0.6 is 0 Å². The summed E-state index contributed by atoms with van der Waals surface area (Å²) in [5.74, 6) is 0. The normalized spacial score (nSPS) is 11.8. The molecule has 68 valence electrons. The van der Waals surface area contributed by atoms with Crippen LogP contribution in [-0.4, -0.2) is 6.04 Å². The Bertz CT molecular complexity index is 167. The van der Waals surface area contributed by atoms with Gasteiger partial charge in [-0.2, -0.15) is 5.26 Å². The molecule has 0 aliphatic rings. The molecular formula is C10H18N2. The molecule has 0 aromatic carbocycles. The van der Waals surface area contributed by atoms with E-state index >= 15 is 0 Å². The van der Waals surface area contributed by atoms with Crippen molar-refractivity contribution in [2.45, 2.75) is 45.6 Å². The van der Waals surface area contributed by atoms with Crippen LogP contribution in [0.15, 0.2) is 12.3 Å². The molecule has 0 rings (SSSR count). The van der Waals surface area contributed by atoms with Gasteiger partial charge in [0.15, 0.2) is 0 Å². The highest BCUT2D eigenvalue weighted by Crippen LogP contribution is 2.02. The van der Waals surface area contributed by atoms with E-state index in [0.717, 1.165) is 25.0 Å². The van der Waals surface area contributed by atoms with Crippen molar-refractivity contribution in [3.05, 3.63) is 12.3 Å². The van der Waals surface area contributed by atoms with Crippen molar-refractivity contribution in [2.75, 3.05) is 0 Å². The molecule has 0 spiro atoms. The average Bonchev–Trinajstić information content (AvgIpc) is 2.01. The second kappa shape index (κ2) is 6.72. The summed E-state index contributed by atoms with van der Waals surface area (Å²) in [6.07, 6.45) is 3.67. The molecule has 0 bridgehead atoms. The fourth-order valence-corrected chi connectivity index (χ4v) is 1.08. The molecule has 2 heteroatoms. The van der Waals surface area contributed by atoms with Crippen LogP contribution in [0, 0.1) is 11.3 Å². The van der Waals surface area contributed by atoms with Gasteiger partial charge in [-0.25, -0.2) is 0 Å². The van der Waals surface area contributed by atoms with E-state index in [9.17, 15) is 0 Å². The van der Waals surface area contributed by atoms with Gasteiger partial charge < -0.3 is 5.32 Å². The molecule has 0 fully saturated rings. The quantitative estimate of drug-likeness (QED) is 0.658. The Labute approximate surface area is 75.3 Å². The number of nitriles is 1. The lowest BCUT2D eigenvalue weighted by Crippen LogP contribution is -2.24. The van der Waals surface area contributed by atoms with E-state index in [0.29, 0.717) is 12.5 Å². The minimum Gasteiger partial charge on any atom is -0.386 e. The molecule has 1 atom stereocenters. The van der Waals surface area contributed by atoms with E-state index in [2.05, 4.69) is 31.8 Å². The fraction of sp³-hybridized carbons (Fsp3) is 0.700. The third-order valence-corrected chi connectivity index (χ3v) is 1.69. The number of hydrogen-bond donors (Lipinski definition) is 1. The van der Waals surface area contributed by atoms with E-state index in [1.54, 1.807) is 0 Å². The van der Waals surface area contributed by atoms with Gasteiger partial charge >= 0.3 is 0 Å². The predicted octanol–water partition coefficient (Wildman–Crippen LogP) is 2.58. The SMILES string of the molecule is C=C(CCC)NC(C)CCC#N. The first kappa shape index (κ1) is 11.0. The Hall–Kier alpha value is -0.970. The molecule has 0 aromatic heterocycles. The van der Waals surface area contributed by atoms with Gasteiger partial charge in [-0.3, -0.25) is 0 Å². The molecule has 0 radical (unpaired) electrons. The topological polar surface area (TPSA) is 35.8 Å². The number of nitrogens with one attached hydrogen (secondary N) is 1. The molecule has 0 aromatic rings. The minimum atomic E-state index is 0.378. The van der Waals surface area contributed by atoms with Crippen molar-refractivity contribution in [3.63, 3.8) is 0 Å².